The first kappa shape index (κ1) is 20.7. The maximum atomic E-state index is 13.4. The summed E-state index contributed by atoms with van der Waals surface area (Å²) in [6.07, 6.45) is 0.301. The minimum absolute atomic E-state index is 0.190. The first-order valence-electron chi connectivity index (χ1n) is 10.1. The van der Waals surface area contributed by atoms with Crippen molar-refractivity contribution in [3.63, 3.8) is 0 Å². The van der Waals surface area contributed by atoms with Crippen LogP contribution in [-0.2, 0) is 25.5 Å². The van der Waals surface area contributed by atoms with Gasteiger partial charge in [-0.3, -0.25) is 14.4 Å². The van der Waals surface area contributed by atoms with Crippen molar-refractivity contribution >= 4 is 28.5 Å². The molecule has 0 saturated heterocycles. The van der Waals surface area contributed by atoms with E-state index in [2.05, 4.69) is 4.98 Å². The van der Waals surface area contributed by atoms with Crippen LogP contribution in [0.1, 0.15) is 44.4 Å². The molecule has 6 heteroatoms. The molecule has 2 atom stereocenters. The van der Waals surface area contributed by atoms with Gasteiger partial charge >= 0.3 is 11.9 Å². The summed E-state index contributed by atoms with van der Waals surface area (Å²) in [5.74, 6) is -2.66. The number of aromatic nitrogens is 1. The number of methoxy groups -OCH3 is 2. The second kappa shape index (κ2) is 7.95. The average Bonchev–Trinajstić information content (AvgIpc) is 3.21. The van der Waals surface area contributed by atoms with Gasteiger partial charge in [0, 0.05) is 11.3 Å². The summed E-state index contributed by atoms with van der Waals surface area (Å²) in [7, 11) is 2.59. The van der Waals surface area contributed by atoms with Gasteiger partial charge in [0.25, 0.3) is 0 Å². The molecule has 6 nitrogen and oxygen atoms in total. The highest BCUT2D eigenvalue weighted by molar-refractivity contribution is 6.10. The van der Waals surface area contributed by atoms with Crippen LogP contribution in [0.3, 0.4) is 0 Å². The lowest BCUT2D eigenvalue weighted by Gasteiger charge is -2.17. The Bertz CT molecular complexity index is 1230. The summed E-state index contributed by atoms with van der Waals surface area (Å²) in [5, 5.41) is 2.02. The number of ether oxygens (including phenoxy) is 2. The molecule has 0 spiro atoms. The van der Waals surface area contributed by atoms with E-state index in [4.69, 9.17) is 9.47 Å². The van der Waals surface area contributed by atoms with Gasteiger partial charge in [0.05, 0.1) is 26.1 Å². The lowest BCUT2D eigenvalue weighted by Crippen LogP contribution is -2.27. The quantitative estimate of drug-likeness (QED) is 0.476. The number of esters is 2. The highest BCUT2D eigenvalue weighted by Crippen LogP contribution is 2.43. The zero-order valence-corrected chi connectivity index (χ0v) is 17.9. The van der Waals surface area contributed by atoms with Crippen LogP contribution in [0.5, 0.6) is 0 Å². The predicted octanol–water partition coefficient (Wildman–Crippen LogP) is 3.68. The van der Waals surface area contributed by atoms with E-state index < -0.39 is 23.8 Å². The van der Waals surface area contributed by atoms with Crippen LogP contribution >= 0.6 is 0 Å². The molecule has 0 aliphatic heterocycles. The topological polar surface area (TPSA) is 82.6 Å². The summed E-state index contributed by atoms with van der Waals surface area (Å²) in [6.45, 7) is 3.57. The van der Waals surface area contributed by atoms with E-state index in [1.807, 2.05) is 43.3 Å². The molecule has 2 unspecified atom stereocenters. The summed E-state index contributed by atoms with van der Waals surface area (Å²) >= 11 is 0. The molecule has 0 radical (unpaired) electrons. The van der Waals surface area contributed by atoms with Crippen molar-refractivity contribution in [3.05, 3.63) is 76.1 Å². The Balaban J connectivity index is 1.82. The van der Waals surface area contributed by atoms with Gasteiger partial charge in [-0.05, 0) is 53.8 Å². The summed E-state index contributed by atoms with van der Waals surface area (Å²) in [5.41, 5.74) is 3.56. The Morgan fingerprint density at radius 2 is 1.61 bits per heavy atom. The smallest absolute Gasteiger partial charge is 0.314 e. The van der Waals surface area contributed by atoms with Crippen LogP contribution in [0, 0.1) is 19.8 Å². The Kier molecular flexibility index (Phi) is 5.31. The lowest BCUT2D eigenvalue weighted by atomic mass is 9.91. The lowest BCUT2D eigenvalue weighted by molar-refractivity contribution is -0.153. The van der Waals surface area contributed by atoms with Crippen molar-refractivity contribution in [2.45, 2.75) is 26.2 Å². The Labute approximate surface area is 180 Å². The molecule has 1 aliphatic rings. The summed E-state index contributed by atoms with van der Waals surface area (Å²) < 4.78 is 9.88. The molecule has 3 aromatic rings. The first-order chi connectivity index (χ1) is 14.9. The van der Waals surface area contributed by atoms with Gasteiger partial charge in [-0.25, -0.2) is 4.98 Å². The SMILES string of the molecule is COC(=O)C1Cc2c(C)c(C(=O)c3ccc4ccccc4c3)nc(C)c2C1C(=O)OC. The number of benzene rings is 2. The van der Waals surface area contributed by atoms with Gasteiger partial charge in [-0.15, -0.1) is 0 Å². The molecule has 1 aromatic heterocycles. The number of ketones is 1. The second-order valence-electron chi connectivity index (χ2n) is 7.79. The number of carbonyl (C=O) groups is 3. The van der Waals surface area contributed by atoms with Crippen LogP contribution in [-0.4, -0.2) is 36.9 Å². The zero-order valence-electron chi connectivity index (χ0n) is 17.9. The summed E-state index contributed by atoms with van der Waals surface area (Å²) in [6, 6.07) is 13.4. The molecule has 0 N–H and O–H groups in total. The molecule has 4 rings (SSSR count). The van der Waals surface area contributed by atoms with Gasteiger partial charge < -0.3 is 9.47 Å². The third-order valence-corrected chi connectivity index (χ3v) is 6.13. The van der Waals surface area contributed by atoms with Crippen molar-refractivity contribution in [2.24, 2.45) is 5.92 Å². The van der Waals surface area contributed by atoms with E-state index in [0.717, 1.165) is 16.3 Å². The van der Waals surface area contributed by atoms with Gasteiger partial charge in [-0.2, -0.15) is 0 Å². The average molecular weight is 417 g/mol. The fraction of sp³-hybridized carbons (Fsp3) is 0.280. The van der Waals surface area contributed by atoms with Crippen LogP contribution in [0.4, 0.5) is 0 Å². The van der Waals surface area contributed by atoms with E-state index in [-0.39, 0.29) is 5.78 Å². The Morgan fingerprint density at radius 1 is 0.935 bits per heavy atom. The molecule has 0 saturated carbocycles. The number of aryl methyl sites for hydroxylation is 1. The molecule has 0 amide bonds. The number of hydrogen-bond acceptors (Lipinski definition) is 6. The van der Waals surface area contributed by atoms with Crippen molar-refractivity contribution in [2.75, 3.05) is 14.2 Å². The highest BCUT2D eigenvalue weighted by Gasteiger charge is 2.45. The molecular formula is C25H23NO5. The number of rotatable bonds is 4. The third-order valence-electron chi connectivity index (χ3n) is 6.13. The van der Waals surface area contributed by atoms with Gasteiger partial charge in [-0.1, -0.05) is 36.4 Å². The molecule has 1 heterocycles. The molecule has 1 aliphatic carbocycles. The fourth-order valence-corrected chi connectivity index (χ4v) is 4.56. The standard InChI is InChI=1S/C25H23NO5/c1-13-18-12-19(24(28)30-3)21(25(29)31-4)20(18)14(2)26-22(13)23(27)17-10-9-15-7-5-6-8-16(15)11-17/h5-11,19,21H,12H2,1-4H3. The van der Waals surface area contributed by atoms with Crippen molar-refractivity contribution in [1.82, 2.24) is 4.98 Å². The summed E-state index contributed by atoms with van der Waals surface area (Å²) in [4.78, 5) is 42.8. The number of nitrogens with zero attached hydrogens (tertiary/aromatic N) is 1. The van der Waals surface area contributed by atoms with E-state index in [0.29, 0.717) is 34.5 Å². The van der Waals surface area contributed by atoms with Crippen LogP contribution in [0.15, 0.2) is 42.5 Å². The zero-order chi connectivity index (χ0) is 22.3. The largest absolute Gasteiger partial charge is 0.469 e. The fourth-order valence-electron chi connectivity index (χ4n) is 4.56. The highest BCUT2D eigenvalue weighted by atomic mass is 16.5. The minimum Gasteiger partial charge on any atom is -0.469 e. The van der Waals surface area contributed by atoms with E-state index in [1.165, 1.54) is 14.2 Å². The minimum atomic E-state index is -0.788. The number of hydrogen-bond donors (Lipinski definition) is 0. The van der Waals surface area contributed by atoms with Crippen LogP contribution in [0.25, 0.3) is 10.8 Å². The van der Waals surface area contributed by atoms with Gasteiger partial charge in [0.2, 0.25) is 5.78 Å². The number of pyridine rings is 1. The van der Waals surface area contributed by atoms with E-state index in [1.54, 1.807) is 13.0 Å². The maximum Gasteiger partial charge on any atom is 0.314 e. The number of carbonyl (C=O) groups excluding carboxylic acids is 3. The predicted molar refractivity (Wildman–Crippen MR) is 115 cm³/mol. The van der Waals surface area contributed by atoms with Crippen molar-refractivity contribution in [3.8, 4) is 0 Å². The normalized spacial score (nSPS) is 17.3. The van der Waals surface area contributed by atoms with Crippen molar-refractivity contribution < 1.29 is 23.9 Å². The molecule has 0 fully saturated rings. The molecule has 158 valence electrons. The molecule has 0 bridgehead atoms. The Hall–Kier alpha value is -3.54. The molecule has 31 heavy (non-hydrogen) atoms. The van der Waals surface area contributed by atoms with Crippen LogP contribution in [0.2, 0.25) is 0 Å². The maximum absolute atomic E-state index is 13.4. The van der Waals surface area contributed by atoms with Gasteiger partial charge in [0.1, 0.15) is 5.69 Å². The Morgan fingerprint density at radius 3 is 2.29 bits per heavy atom. The van der Waals surface area contributed by atoms with E-state index >= 15 is 0 Å². The van der Waals surface area contributed by atoms with Gasteiger partial charge in [0.15, 0.2) is 0 Å². The monoisotopic (exact) mass is 417 g/mol. The van der Waals surface area contributed by atoms with Crippen LogP contribution < -0.4 is 0 Å². The molecular weight excluding hydrogens is 394 g/mol. The van der Waals surface area contributed by atoms with E-state index in [9.17, 15) is 14.4 Å². The third kappa shape index (κ3) is 3.38. The second-order valence-corrected chi connectivity index (χ2v) is 7.79. The first-order valence-corrected chi connectivity index (χ1v) is 10.1. The van der Waals surface area contributed by atoms with Crippen molar-refractivity contribution in [1.29, 1.82) is 0 Å². The molecule has 2 aromatic carbocycles. The number of fused-ring (bicyclic) bond motifs is 2.